The van der Waals surface area contributed by atoms with Gasteiger partial charge in [-0.25, -0.2) is 4.98 Å². The molecule has 7 amide bonds. The van der Waals surface area contributed by atoms with Crippen LogP contribution in [0.25, 0.3) is 16.4 Å². The average Bonchev–Trinajstić information content (AvgIpc) is 1.53. The predicted molar refractivity (Wildman–Crippen MR) is 338 cm³/mol. The summed E-state index contributed by atoms with van der Waals surface area (Å²) < 4.78 is 31.7. The number of aliphatic imine (C=N–C) groups is 3. The minimum atomic E-state index is -5.27. The number of nitrogens with two attached hydrogens (primary N) is 6. The Morgan fingerprint density at radius 2 is 1.39 bits per heavy atom. The molecule has 8 rings (SSSR count). The number of aliphatic hydroxyl groups excluding tert-OH is 2. The van der Waals surface area contributed by atoms with Crippen molar-refractivity contribution in [2.24, 2.45) is 94.7 Å². The number of rotatable bonds is 27. The van der Waals surface area contributed by atoms with Gasteiger partial charge >= 0.3 is 16.8 Å². The van der Waals surface area contributed by atoms with Crippen molar-refractivity contribution in [1.29, 1.82) is 0 Å². The number of phosphoric acid groups is 1. The minimum Gasteiger partial charge on any atom is -0.870 e. The zero-order valence-electron chi connectivity index (χ0n) is 54.7. The van der Waals surface area contributed by atoms with E-state index in [2.05, 4.69) is 10.3 Å². The van der Waals surface area contributed by atoms with Crippen LogP contribution in [0.15, 0.2) is 67.8 Å². The Kier molecular flexibility index (Phi) is 23.1. The van der Waals surface area contributed by atoms with Crippen molar-refractivity contribution in [1.82, 2.24) is 14.9 Å². The number of primary amides is 6. The first-order valence-corrected chi connectivity index (χ1v) is 32.5. The van der Waals surface area contributed by atoms with Gasteiger partial charge in [0.2, 0.25) is 41.4 Å². The van der Waals surface area contributed by atoms with Crippen LogP contribution in [-0.2, 0) is 68.7 Å². The van der Waals surface area contributed by atoms with Crippen molar-refractivity contribution in [3.05, 3.63) is 69.2 Å². The fourth-order valence-electron chi connectivity index (χ4n) is 15.6. The number of hydrogen-bond acceptors (Lipinski definition) is 19. The number of ether oxygens (including phenoxy) is 1. The van der Waals surface area contributed by atoms with Gasteiger partial charge in [-0.1, -0.05) is 40.7 Å². The van der Waals surface area contributed by atoms with Gasteiger partial charge in [0.15, 0.2) is 6.23 Å². The molecule has 30 heteroatoms. The number of benzene rings is 1. The number of aromatic nitrogens is 2. The van der Waals surface area contributed by atoms with E-state index in [9.17, 15) is 53.2 Å². The number of nitrogens with zero attached hydrogens (tertiary/aromatic N) is 6. The third-order valence-corrected chi connectivity index (χ3v) is 21.8. The Morgan fingerprint density at radius 1 is 0.796 bits per heavy atom. The number of fused-ring (bicyclic) bond motifs is 7. The quantitative estimate of drug-likeness (QED) is 0.0578. The predicted octanol–water partition coefficient (Wildman–Crippen LogP) is 3.53. The second-order valence-electron chi connectivity index (χ2n) is 27.3. The van der Waals surface area contributed by atoms with Gasteiger partial charge in [0.1, 0.15) is 18.3 Å². The molecule has 0 saturated carbocycles. The molecule has 15 atom stereocenters. The van der Waals surface area contributed by atoms with Gasteiger partial charge in [-0.05, 0) is 125 Å². The average molecular weight is 1360 g/mol. The van der Waals surface area contributed by atoms with Crippen molar-refractivity contribution in [2.45, 2.75) is 195 Å². The monoisotopic (exact) mass is 1360 g/mol. The van der Waals surface area contributed by atoms with E-state index in [1.54, 1.807) is 6.92 Å². The number of aryl methyl sites for hydroxylation is 2. The number of aliphatic hydroxyl groups is 2. The third kappa shape index (κ3) is 14.7. The topological polar surface area (TPSA) is 495 Å². The fraction of sp³-hybridized carbons (Fsp3) is 0.635. The molecular formula is C63H91CoN13O15P. The summed E-state index contributed by atoms with van der Waals surface area (Å²) in [5, 5.41) is 30.1. The standard InChI is InChI=1S/C63H92N13O14P.Co.H2O/c1-30-21-40-41(22-31(30)2)76(29-71-40)58-53(85)54(42(28-77)88-58)90-91(86,87)89-32(3)27-70-50(84)13-12-20-60(8)38(23-47(67)81)57-63(11)62(10,26-49(69)83)37(16-19-46(66)80)52(75-63)34(5)56-61(9,25-48(68)82)35(14-17-44(64)78)39(72-56)24-43-59(6,7)36(15-18-45(65)79)51(73-43)33(4)55(60)74-57;;/h21-22,24,29,32,35-38,42,53-54,57-58,77,85H,12-20,23,25-28H2,1-11H3,(H15,64,65,66,67,68,69,70,72,73,74,75,78,79,80,81,82,83,84,86,87);;1H2/q;+3;/p-3. The van der Waals surface area contributed by atoms with Crippen molar-refractivity contribution in [3.63, 3.8) is 0 Å². The van der Waals surface area contributed by atoms with Crippen LogP contribution in [0.2, 0.25) is 0 Å². The zero-order chi connectivity index (χ0) is 67.4. The van der Waals surface area contributed by atoms with E-state index in [0.717, 1.165) is 11.1 Å². The van der Waals surface area contributed by atoms with Crippen molar-refractivity contribution < 1.29 is 89.3 Å². The Labute approximate surface area is 551 Å². The molecule has 16 N–H and O–H groups in total. The molecule has 0 aliphatic carbocycles. The second-order valence-corrected chi connectivity index (χ2v) is 28.7. The van der Waals surface area contributed by atoms with E-state index < -0.39 is 143 Å². The number of allylic oxidation sites excluding steroid dienone is 6. The van der Waals surface area contributed by atoms with Crippen molar-refractivity contribution in [2.75, 3.05) is 13.2 Å². The molecule has 28 nitrogen and oxygen atoms in total. The Bertz CT molecular complexity index is 3570. The number of imidazole rings is 1. The first-order chi connectivity index (χ1) is 42.3. The van der Waals surface area contributed by atoms with E-state index in [0.29, 0.717) is 56.4 Å². The largest absolute Gasteiger partial charge is 3.00 e. The van der Waals surface area contributed by atoms with Crippen molar-refractivity contribution >= 4 is 77.3 Å². The van der Waals surface area contributed by atoms with Gasteiger partial charge in [-0.15, -0.1) is 0 Å². The van der Waals surface area contributed by atoms with Gasteiger partial charge in [-0.3, -0.25) is 53.1 Å². The molecular weight excluding hydrogens is 1270 g/mol. The molecule has 512 valence electrons. The molecule has 2 saturated heterocycles. The van der Waals surface area contributed by atoms with Crippen molar-refractivity contribution in [3.8, 4) is 0 Å². The molecule has 8 bridgehead atoms. The molecule has 6 aliphatic heterocycles. The molecule has 1 aromatic carbocycles. The van der Waals surface area contributed by atoms with Gasteiger partial charge < -0.3 is 84.0 Å². The smallest absolute Gasteiger partial charge is 0.870 e. The molecule has 6 aliphatic rings. The van der Waals surface area contributed by atoms with Crippen LogP contribution in [0.5, 0.6) is 0 Å². The maximum Gasteiger partial charge on any atom is 3.00 e. The van der Waals surface area contributed by atoms with Gasteiger partial charge in [0.05, 0.1) is 41.3 Å². The zero-order valence-corrected chi connectivity index (χ0v) is 56.6. The van der Waals surface area contributed by atoms with Crippen LogP contribution in [-0.4, -0.2) is 133 Å². The molecule has 1 aromatic heterocycles. The van der Waals surface area contributed by atoms with Gasteiger partial charge in [0.25, 0.3) is 7.82 Å². The number of carbonyl (C=O) groups is 7. The summed E-state index contributed by atoms with van der Waals surface area (Å²) >= 11 is 0. The normalized spacial score (nSPS) is 31.1. The fourth-order valence-corrected chi connectivity index (χ4v) is 16.7. The van der Waals surface area contributed by atoms with Crippen LogP contribution < -0.4 is 44.6 Å². The first-order valence-electron chi connectivity index (χ1n) is 31.0. The van der Waals surface area contributed by atoms with E-state index in [1.165, 1.54) is 17.8 Å². The number of amides is 7. The summed E-state index contributed by atoms with van der Waals surface area (Å²) in [4.78, 5) is 127. The third-order valence-electron chi connectivity index (χ3n) is 20.7. The van der Waals surface area contributed by atoms with E-state index in [-0.39, 0.29) is 106 Å². The Hall–Kier alpha value is -6.53. The van der Waals surface area contributed by atoms with E-state index in [1.807, 2.05) is 80.5 Å². The maximum atomic E-state index is 14.0. The van der Waals surface area contributed by atoms with E-state index >= 15 is 0 Å². The first kappa shape index (κ1) is 75.5. The summed E-state index contributed by atoms with van der Waals surface area (Å²) in [6, 6.07) is 2.72. The van der Waals surface area contributed by atoms with Crippen LogP contribution in [0.3, 0.4) is 0 Å². The van der Waals surface area contributed by atoms with Crippen LogP contribution in [0.4, 0.5) is 0 Å². The molecule has 2 aromatic rings. The van der Waals surface area contributed by atoms with Gasteiger partial charge in [0, 0.05) is 108 Å². The number of phosphoric ester groups is 1. The maximum absolute atomic E-state index is 14.0. The van der Waals surface area contributed by atoms with Gasteiger partial charge in [-0.2, -0.15) is 5.70 Å². The Balaban J connectivity index is 0.00000686. The van der Waals surface area contributed by atoms with E-state index in [4.69, 9.17) is 68.5 Å². The number of carbonyl (C=O) groups excluding carboxylic acids is 7. The summed E-state index contributed by atoms with van der Waals surface area (Å²) in [7, 11) is -5.27. The summed E-state index contributed by atoms with van der Waals surface area (Å²) in [6.45, 7) is 19.3. The second kappa shape index (κ2) is 28.4. The summed E-state index contributed by atoms with van der Waals surface area (Å²) in [6.07, 6.45) is -3.97. The molecule has 93 heavy (non-hydrogen) atoms. The molecule has 7 heterocycles. The Morgan fingerprint density at radius 3 is 1.97 bits per heavy atom. The minimum absolute atomic E-state index is 0. The van der Waals surface area contributed by atoms with Crippen LogP contribution in [0, 0.1) is 59.2 Å². The number of nitrogens with one attached hydrogen (secondary N) is 1. The molecule has 0 spiro atoms. The molecule has 15 unspecified atom stereocenters. The van der Waals surface area contributed by atoms with Crippen LogP contribution >= 0.6 is 7.82 Å². The summed E-state index contributed by atoms with van der Waals surface area (Å²) in [5.41, 5.74) is 37.2. The SMILES string of the molecule is CC1=C2N=C(C=C3N=C(C(C)=C4[N-]C(C(CC(N)=O)C4(C)CCCC(=O)NCC(C)OP(=O)([O-])OC4C(CO)OC(n5cnc6cc(C)c(C)cc65)C4O)C4(C)N=C1C(CCC(N)=O)C4(C)CC(N)=O)C(CCC(N)=O)C3(C)C)C(CCC(N)=O)C2(C)CC(N)=O.[Co+3].[OH-]. The summed E-state index contributed by atoms with van der Waals surface area (Å²) in [5.74, 6) is -7.08. The molecule has 0 radical (unpaired) electrons. The number of hydrogen-bond donors (Lipinski definition) is 9. The van der Waals surface area contributed by atoms with Crippen LogP contribution in [0.1, 0.15) is 157 Å². The molecule has 2 fully saturated rings.